The number of rotatable bonds is 7. The van der Waals surface area contributed by atoms with Crippen LogP contribution in [0.1, 0.15) is 12.8 Å². The van der Waals surface area contributed by atoms with Gasteiger partial charge in [-0.15, -0.1) is 0 Å². The number of likely N-dealkylation sites (N-methyl/N-ethyl adjacent to an activating group) is 1. The summed E-state index contributed by atoms with van der Waals surface area (Å²) in [6, 6.07) is 4.50. The molecule has 122 valence electrons. The van der Waals surface area contributed by atoms with E-state index in [4.69, 9.17) is 0 Å². The van der Waals surface area contributed by atoms with Gasteiger partial charge in [0.25, 0.3) is 5.69 Å². The summed E-state index contributed by atoms with van der Waals surface area (Å²) in [5, 5.41) is 14.1. The molecule has 8 heteroatoms. The molecule has 0 aliphatic heterocycles. The van der Waals surface area contributed by atoms with Crippen molar-refractivity contribution in [3.8, 4) is 0 Å². The van der Waals surface area contributed by atoms with Gasteiger partial charge in [0, 0.05) is 30.6 Å². The Kier molecular flexibility index (Phi) is 4.72. The molecule has 1 aliphatic rings. The van der Waals surface area contributed by atoms with Crippen molar-refractivity contribution < 1.29 is 13.3 Å². The van der Waals surface area contributed by atoms with Gasteiger partial charge in [-0.3, -0.25) is 10.1 Å². The lowest BCUT2D eigenvalue weighted by Crippen LogP contribution is -2.36. The molecule has 1 saturated carbocycles. The number of hydrogen-bond acceptors (Lipinski definition) is 6. The van der Waals surface area contributed by atoms with Crippen LogP contribution in [0, 0.1) is 16.0 Å². The fraction of sp³-hybridized carbons (Fsp3) is 0.571. The van der Waals surface area contributed by atoms with Gasteiger partial charge in [0.1, 0.15) is 4.90 Å². The second-order valence-electron chi connectivity index (χ2n) is 5.96. The first kappa shape index (κ1) is 16.7. The Balaban J connectivity index is 2.20. The summed E-state index contributed by atoms with van der Waals surface area (Å²) in [4.78, 5) is 12.2. The van der Waals surface area contributed by atoms with Gasteiger partial charge in [0.05, 0.1) is 4.92 Å². The largest absolute Gasteiger partial charge is 0.383 e. The minimum Gasteiger partial charge on any atom is -0.383 e. The summed E-state index contributed by atoms with van der Waals surface area (Å²) in [5.41, 5.74) is 0.193. The standard InChI is InChI=1S/C14H21N3O4S/c1-16(2)13(10-4-5-10)9-15-11-6-7-12(17(18)19)14(8-11)22(3,20)21/h6-8,10,13,15H,4-5,9H2,1-3H3. The quantitative estimate of drug-likeness (QED) is 0.606. The van der Waals surface area contributed by atoms with Crippen LogP contribution in [0.5, 0.6) is 0 Å². The number of nitrogens with zero attached hydrogens (tertiary/aromatic N) is 2. The summed E-state index contributed by atoms with van der Waals surface area (Å²) in [5.74, 6) is 0.662. The molecule has 1 atom stereocenters. The van der Waals surface area contributed by atoms with Crippen LogP contribution in [-0.2, 0) is 9.84 Å². The van der Waals surface area contributed by atoms with Crippen LogP contribution in [0.25, 0.3) is 0 Å². The van der Waals surface area contributed by atoms with Crippen molar-refractivity contribution in [1.82, 2.24) is 4.90 Å². The minimum atomic E-state index is -3.65. The van der Waals surface area contributed by atoms with E-state index in [2.05, 4.69) is 10.2 Å². The van der Waals surface area contributed by atoms with Gasteiger partial charge in [-0.25, -0.2) is 8.42 Å². The Hall–Kier alpha value is -1.67. The Morgan fingerprint density at radius 3 is 2.50 bits per heavy atom. The van der Waals surface area contributed by atoms with E-state index in [0.717, 1.165) is 6.26 Å². The highest BCUT2D eigenvalue weighted by atomic mass is 32.2. The minimum absolute atomic E-state index is 0.254. The van der Waals surface area contributed by atoms with Crippen molar-refractivity contribution in [2.24, 2.45) is 5.92 Å². The topological polar surface area (TPSA) is 92.5 Å². The molecule has 0 spiro atoms. The van der Waals surface area contributed by atoms with E-state index in [1.807, 2.05) is 14.1 Å². The first-order valence-electron chi connectivity index (χ1n) is 7.09. The maximum absolute atomic E-state index is 11.7. The van der Waals surface area contributed by atoms with Crippen LogP contribution >= 0.6 is 0 Å². The van der Waals surface area contributed by atoms with Crippen LogP contribution < -0.4 is 5.32 Å². The normalized spacial score (nSPS) is 16.5. The lowest BCUT2D eigenvalue weighted by Gasteiger charge is -2.25. The summed E-state index contributed by atoms with van der Waals surface area (Å²) < 4.78 is 23.5. The smallest absolute Gasteiger partial charge is 0.288 e. The molecular weight excluding hydrogens is 306 g/mol. The van der Waals surface area contributed by atoms with E-state index in [9.17, 15) is 18.5 Å². The van der Waals surface area contributed by atoms with E-state index in [1.54, 1.807) is 6.07 Å². The molecule has 1 N–H and O–H groups in total. The molecular formula is C14H21N3O4S. The maximum atomic E-state index is 11.7. The number of nitro benzene ring substituents is 1. The molecule has 1 aliphatic carbocycles. The monoisotopic (exact) mass is 327 g/mol. The fourth-order valence-electron chi connectivity index (χ4n) is 2.55. The Bertz CT molecular complexity index is 667. The van der Waals surface area contributed by atoms with Crippen LogP contribution in [0.2, 0.25) is 0 Å². The molecule has 0 bridgehead atoms. The van der Waals surface area contributed by atoms with Crippen molar-refractivity contribution in [3.63, 3.8) is 0 Å². The molecule has 0 aromatic heterocycles. The first-order chi connectivity index (χ1) is 10.2. The molecule has 1 aromatic rings. The number of benzene rings is 1. The highest BCUT2D eigenvalue weighted by Crippen LogP contribution is 2.35. The van der Waals surface area contributed by atoms with Gasteiger partial charge >= 0.3 is 0 Å². The SMILES string of the molecule is CN(C)C(CNc1ccc([N+](=O)[O-])c(S(C)(=O)=O)c1)C1CC1. The third-order valence-corrected chi connectivity index (χ3v) is 5.03. The number of hydrogen-bond donors (Lipinski definition) is 1. The van der Waals surface area contributed by atoms with Crippen LogP contribution in [0.3, 0.4) is 0 Å². The van der Waals surface area contributed by atoms with Gasteiger partial charge in [0.15, 0.2) is 9.84 Å². The molecule has 1 aromatic carbocycles. The van der Waals surface area contributed by atoms with Gasteiger partial charge in [-0.05, 0) is 45.0 Å². The van der Waals surface area contributed by atoms with Crippen molar-refractivity contribution in [1.29, 1.82) is 0 Å². The molecule has 1 unspecified atom stereocenters. The summed E-state index contributed by atoms with van der Waals surface area (Å²) in [6.45, 7) is 0.679. The average molecular weight is 327 g/mol. The number of nitro groups is 1. The van der Waals surface area contributed by atoms with E-state index < -0.39 is 14.8 Å². The predicted octanol–water partition coefficient (Wildman–Crippen LogP) is 1.75. The summed E-state index contributed by atoms with van der Waals surface area (Å²) in [7, 11) is 0.381. The lowest BCUT2D eigenvalue weighted by atomic mass is 10.1. The number of sulfone groups is 1. The summed E-state index contributed by atoms with van der Waals surface area (Å²) in [6.07, 6.45) is 3.39. The molecule has 0 saturated heterocycles. The highest BCUT2D eigenvalue weighted by molar-refractivity contribution is 7.90. The Labute approximate surface area is 130 Å². The Morgan fingerprint density at radius 1 is 1.41 bits per heavy atom. The van der Waals surface area contributed by atoms with Crippen molar-refractivity contribution in [3.05, 3.63) is 28.3 Å². The van der Waals surface area contributed by atoms with Crippen molar-refractivity contribution in [2.75, 3.05) is 32.2 Å². The van der Waals surface area contributed by atoms with Gasteiger partial charge in [-0.1, -0.05) is 0 Å². The molecule has 2 rings (SSSR count). The highest BCUT2D eigenvalue weighted by Gasteiger charge is 2.32. The van der Waals surface area contributed by atoms with Crippen molar-refractivity contribution >= 4 is 21.2 Å². The second-order valence-corrected chi connectivity index (χ2v) is 7.95. The van der Waals surface area contributed by atoms with Crippen molar-refractivity contribution in [2.45, 2.75) is 23.8 Å². The second kappa shape index (κ2) is 6.21. The molecule has 7 nitrogen and oxygen atoms in total. The first-order valence-corrected chi connectivity index (χ1v) is 8.98. The zero-order valence-electron chi connectivity index (χ0n) is 12.9. The van der Waals surface area contributed by atoms with E-state index in [1.165, 1.54) is 25.0 Å². The molecule has 0 amide bonds. The van der Waals surface area contributed by atoms with E-state index >= 15 is 0 Å². The number of nitrogens with one attached hydrogen (secondary N) is 1. The van der Waals surface area contributed by atoms with Gasteiger partial charge in [-0.2, -0.15) is 0 Å². The third-order valence-electron chi connectivity index (χ3n) is 3.90. The fourth-order valence-corrected chi connectivity index (χ4v) is 3.41. The molecule has 1 fully saturated rings. The predicted molar refractivity (Wildman–Crippen MR) is 84.9 cm³/mol. The average Bonchev–Trinajstić information content (AvgIpc) is 3.21. The molecule has 22 heavy (non-hydrogen) atoms. The molecule has 0 radical (unpaired) electrons. The Morgan fingerprint density at radius 2 is 2.05 bits per heavy atom. The van der Waals surface area contributed by atoms with Crippen LogP contribution in [0.4, 0.5) is 11.4 Å². The molecule has 0 heterocycles. The zero-order valence-corrected chi connectivity index (χ0v) is 13.8. The third kappa shape index (κ3) is 3.95. The van der Waals surface area contributed by atoms with Crippen LogP contribution in [-0.4, -0.2) is 51.2 Å². The van der Waals surface area contributed by atoms with E-state index in [0.29, 0.717) is 24.2 Å². The van der Waals surface area contributed by atoms with Gasteiger partial charge < -0.3 is 10.2 Å². The van der Waals surface area contributed by atoms with Gasteiger partial charge in [0.2, 0.25) is 0 Å². The maximum Gasteiger partial charge on any atom is 0.288 e. The van der Waals surface area contributed by atoms with E-state index in [-0.39, 0.29) is 10.6 Å². The lowest BCUT2D eigenvalue weighted by molar-refractivity contribution is -0.387. The number of anilines is 1. The summed E-state index contributed by atoms with van der Waals surface area (Å²) >= 11 is 0. The van der Waals surface area contributed by atoms with Crippen LogP contribution in [0.15, 0.2) is 23.1 Å². The zero-order chi connectivity index (χ0) is 16.5.